The van der Waals surface area contributed by atoms with Crippen molar-refractivity contribution in [3.63, 3.8) is 0 Å². The van der Waals surface area contributed by atoms with Crippen LogP contribution in [0, 0.1) is 0 Å². The third-order valence-corrected chi connectivity index (χ3v) is 2.41. The summed E-state index contributed by atoms with van der Waals surface area (Å²) in [5.41, 5.74) is 0. The minimum Gasteiger partial charge on any atom is -0.385 e. The highest BCUT2D eigenvalue weighted by atomic mass is 16.5. The normalized spacial score (nSPS) is 15.0. The van der Waals surface area contributed by atoms with Gasteiger partial charge in [0, 0.05) is 26.9 Å². The highest BCUT2D eigenvalue weighted by Gasteiger charge is 2.05. The Morgan fingerprint density at radius 3 is 2.06 bits per heavy atom. The molecule has 0 amide bonds. The molecule has 0 saturated heterocycles. The van der Waals surface area contributed by atoms with Gasteiger partial charge in [0.05, 0.1) is 18.8 Å². The minimum absolute atomic E-state index is 0.267. The molecule has 0 aromatic heterocycles. The summed E-state index contributed by atoms with van der Waals surface area (Å²) in [6.07, 6.45) is 2.43. The van der Waals surface area contributed by atoms with Crippen LogP contribution in [-0.4, -0.2) is 52.7 Å². The second-order valence-electron chi connectivity index (χ2n) is 4.04. The van der Waals surface area contributed by atoms with Crippen LogP contribution in [0.5, 0.6) is 0 Å². The van der Waals surface area contributed by atoms with E-state index in [1.54, 1.807) is 7.11 Å². The molecule has 0 radical (unpaired) electrons. The van der Waals surface area contributed by atoms with Crippen molar-refractivity contribution in [3.05, 3.63) is 0 Å². The number of hydrogen-bond donors (Lipinski definition) is 1. The monoisotopic (exact) mass is 233 g/mol. The SMILES string of the molecule is CNCCOC(C)CCOC(C)CCOC. The molecule has 0 aliphatic rings. The lowest BCUT2D eigenvalue weighted by Crippen LogP contribution is -2.20. The number of ether oxygens (including phenoxy) is 3. The summed E-state index contributed by atoms with van der Waals surface area (Å²) in [4.78, 5) is 0. The van der Waals surface area contributed by atoms with Gasteiger partial charge in [-0.05, 0) is 33.7 Å². The first-order chi connectivity index (χ1) is 7.70. The molecule has 98 valence electrons. The fourth-order valence-corrected chi connectivity index (χ4v) is 1.25. The Bertz CT molecular complexity index is 144. The van der Waals surface area contributed by atoms with Crippen LogP contribution in [0.2, 0.25) is 0 Å². The molecule has 0 aromatic carbocycles. The molecule has 1 N–H and O–H groups in total. The lowest BCUT2D eigenvalue weighted by atomic mass is 10.3. The molecule has 0 fully saturated rings. The molecular formula is C12H27NO3. The third kappa shape index (κ3) is 10.4. The standard InChI is InChI=1S/C12H27NO3/c1-11(5-8-14-4)15-9-6-12(2)16-10-7-13-3/h11-13H,5-10H2,1-4H3. The molecule has 4 nitrogen and oxygen atoms in total. The molecule has 0 saturated carbocycles. The molecule has 0 bridgehead atoms. The van der Waals surface area contributed by atoms with Gasteiger partial charge in [0.1, 0.15) is 0 Å². The fraction of sp³-hybridized carbons (Fsp3) is 1.00. The smallest absolute Gasteiger partial charge is 0.0594 e. The Morgan fingerprint density at radius 2 is 1.50 bits per heavy atom. The van der Waals surface area contributed by atoms with Gasteiger partial charge in [0.15, 0.2) is 0 Å². The van der Waals surface area contributed by atoms with Gasteiger partial charge in [0.2, 0.25) is 0 Å². The lowest BCUT2D eigenvalue weighted by Gasteiger charge is -2.16. The van der Waals surface area contributed by atoms with Gasteiger partial charge in [-0.15, -0.1) is 0 Å². The fourth-order valence-electron chi connectivity index (χ4n) is 1.25. The predicted molar refractivity (Wildman–Crippen MR) is 65.9 cm³/mol. The van der Waals surface area contributed by atoms with Crippen molar-refractivity contribution in [2.24, 2.45) is 0 Å². The van der Waals surface area contributed by atoms with E-state index in [4.69, 9.17) is 14.2 Å². The Morgan fingerprint density at radius 1 is 0.938 bits per heavy atom. The average Bonchev–Trinajstić information content (AvgIpc) is 2.26. The zero-order chi connectivity index (χ0) is 12.2. The minimum atomic E-state index is 0.267. The maximum Gasteiger partial charge on any atom is 0.0594 e. The molecule has 0 aromatic rings. The Balaban J connectivity index is 3.28. The van der Waals surface area contributed by atoms with Gasteiger partial charge in [-0.25, -0.2) is 0 Å². The first-order valence-electron chi connectivity index (χ1n) is 6.07. The third-order valence-electron chi connectivity index (χ3n) is 2.41. The van der Waals surface area contributed by atoms with Crippen molar-refractivity contribution < 1.29 is 14.2 Å². The summed E-state index contributed by atoms with van der Waals surface area (Å²) < 4.78 is 16.2. The molecule has 16 heavy (non-hydrogen) atoms. The van der Waals surface area contributed by atoms with Gasteiger partial charge in [0.25, 0.3) is 0 Å². The van der Waals surface area contributed by atoms with Crippen LogP contribution in [0.1, 0.15) is 26.7 Å². The van der Waals surface area contributed by atoms with E-state index in [1.807, 2.05) is 7.05 Å². The van der Waals surface area contributed by atoms with Crippen LogP contribution < -0.4 is 5.32 Å². The van der Waals surface area contributed by atoms with Gasteiger partial charge >= 0.3 is 0 Å². The molecule has 0 rings (SSSR count). The molecule has 2 unspecified atom stereocenters. The summed E-state index contributed by atoms with van der Waals surface area (Å²) in [6, 6.07) is 0. The van der Waals surface area contributed by atoms with Crippen molar-refractivity contribution in [3.8, 4) is 0 Å². The van der Waals surface area contributed by atoms with E-state index in [0.717, 1.165) is 39.2 Å². The van der Waals surface area contributed by atoms with Crippen molar-refractivity contribution in [1.82, 2.24) is 5.32 Å². The molecule has 0 aliphatic carbocycles. The average molecular weight is 233 g/mol. The van der Waals surface area contributed by atoms with Crippen molar-refractivity contribution in [2.45, 2.75) is 38.9 Å². The second-order valence-corrected chi connectivity index (χ2v) is 4.04. The highest BCUT2D eigenvalue weighted by molar-refractivity contribution is 4.53. The largest absolute Gasteiger partial charge is 0.385 e. The summed E-state index contributed by atoms with van der Waals surface area (Å²) >= 11 is 0. The Hall–Kier alpha value is -0.160. The molecular weight excluding hydrogens is 206 g/mol. The number of nitrogens with one attached hydrogen (secondary N) is 1. The van der Waals surface area contributed by atoms with E-state index in [0.29, 0.717) is 0 Å². The molecule has 4 heteroatoms. The van der Waals surface area contributed by atoms with Crippen LogP contribution in [0.4, 0.5) is 0 Å². The van der Waals surface area contributed by atoms with Gasteiger partial charge in [-0.2, -0.15) is 0 Å². The van der Waals surface area contributed by atoms with Gasteiger partial charge < -0.3 is 19.5 Å². The van der Waals surface area contributed by atoms with Gasteiger partial charge in [-0.1, -0.05) is 0 Å². The number of hydrogen-bond acceptors (Lipinski definition) is 4. The highest BCUT2D eigenvalue weighted by Crippen LogP contribution is 2.02. The molecule has 0 heterocycles. The van der Waals surface area contributed by atoms with Crippen LogP contribution in [0.3, 0.4) is 0 Å². The van der Waals surface area contributed by atoms with Crippen LogP contribution in [0.15, 0.2) is 0 Å². The number of methoxy groups -OCH3 is 1. The number of rotatable bonds is 11. The number of likely N-dealkylation sites (N-methyl/N-ethyl adjacent to an activating group) is 1. The first kappa shape index (κ1) is 15.8. The van der Waals surface area contributed by atoms with Crippen molar-refractivity contribution in [1.29, 1.82) is 0 Å². The predicted octanol–water partition coefficient (Wildman–Crippen LogP) is 1.44. The first-order valence-corrected chi connectivity index (χ1v) is 6.07. The zero-order valence-corrected chi connectivity index (χ0v) is 11.1. The van der Waals surface area contributed by atoms with Crippen LogP contribution >= 0.6 is 0 Å². The Labute approximate surface area is 99.6 Å². The molecule has 2 atom stereocenters. The summed E-state index contributed by atoms with van der Waals surface area (Å²) in [7, 11) is 3.64. The summed E-state index contributed by atoms with van der Waals surface area (Å²) in [5.74, 6) is 0. The van der Waals surface area contributed by atoms with E-state index < -0.39 is 0 Å². The maximum absolute atomic E-state index is 5.65. The molecule has 0 aliphatic heterocycles. The van der Waals surface area contributed by atoms with Crippen LogP contribution in [-0.2, 0) is 14.2 Å². The maximum atomic E-state index is 5.65. The lowest BCUT2D eigenvalue weighted by molar-refractivity contribution is 0.00293. The van der Waals surface area contributed by atoms with Crippen LogP contribution in [0.25, 0.3) is 0 Å². The van der Waals surface area contributed by atoms with Crippen molar-refractivity contribution >= 4 is 0 Å². The van der Waals surface area contributed by atoms with E-state index in [2.05, 4.69) is 19.2 Å². The van der Waals surface area contributed by atoms with Crippen molar-refractivity contribution in [2.75, 3.05) is 40.5 Å². The van der Waals surface area contributed by atoms with E-state index in [9.17, 15) is 0 Å². The van der Waals surface area contributed by atoms with Gasteiger partial charge in [-0.3, -0.25) is 0 Å². The summed E-state index contributed by atoms with van der Waals surface area (Å²) in [6.45, 7) is 7.33. The second kappa shape index (κ2) is 11.3. The van der Waals surface area contributed by atoms with E-state index >= 15 is 0 Å². The zero-order valence-electron chi connectivity index (χ0n) is 11.1. The summed E-state index contributed by atoms with van der Waals surface area (Å²) in [5, 5.41) is 3.05. The Kier molecular flexibility index (Phi) is 11.2. The van der Waals surface area contributed by atoms with E-state index in [1.165, 1.54) is 0 Å². The topological polar surface area (TPSA) is 39.7 Å². The quantitative estimate of drug-likeness (QED) is 0.548. The van der Waals surface area contributed by atoms with E-state index in [-0.39, 0.29) is 12.2 Å². The molecule has 0 spiro atoms.